The maximum atomic E-state index is 12.1. The quantitative estimate of drug-likeness (QED) is 0.685. The predicted molar refractivity (Wildman–Crippen MR) is 77.1 cm³/mol. The Balaban J connectivity index is 1.99. The Kier molecular flexibility index (Phi) is 4.82. The van der Waals surface area contributed by atoms with Gasteiger partial charge in [-0.15, -0.1) is 0 Å². The summed E-state index contributed by atoms with van der Waals surface area (Å²) in [6, 6.07) is 3.53. The van der Waals surface area contributed by atoms with E-state index in [1.807, 2.05) is 6.92 Å². The minimum atomic E-state index is -0.308. The van der Waals surface area contributed by atoms with Gasteiger partial charge in [0.05, 0.1) is 12.2 Å². The molecular weight excluding hydrogens is 310 g/mol. The third-order valence-electron chi connectivity index (χ3n) is 3.42. The van der Waals surface area contributed by atoms with Crippen molar-refractivity contribution in [1.82, 2.24) is 0 Å². The SMILES string of the molecule is Cc1c(N)cc(Br)cc1C(=O)OCC1CCOCC1. The molecule has 104 valence electrons. The van der Waals surface area contributed by atoms with Crippen LogP contribution in [0.1, 0.15) is 28.8 Å². The second kappa shape index (κ2) is 6.39. The Bertz CT molecular complexity index is 470. The van der Waals surface area contributed by atoms with Crippen LogP contribution in [0.2, 0.25) is 0 Å². The Morgan fingerprint density at radius 2 is 2.16 bits per heavy atom. The average Bonchev–Trinajstić information content (AvgIpc) is 2.41. The Morgan fingerprint density at radius 3 is 2.84 bits per heavy atom. The molecule has 0 bridgehead atoms. The third-order valence-corrected chi connectivity index (χ3v) is 3.88. The van der Waals surface area contributed by atoms with Crippen LogP contribution in [0, 0.1) is 12.8 Å². The number of hydrogen-bond acceptors (Lipinski definition) is 4. The number of carbonyl (C=O) groups excluding carboxylic acids is 1. The number of nitrogens with two attached hydrogens (primary N) is 1. The number of rotatable bonds is 3. The van der Waals surface area contributed by atoms with E-state index in [9.17, 15) is 4.79 Å². The van der Waals surface area contributed by atoms with Crippen LogP contribution in [-0.4, -0.2) is 25.8 Å². The summed E-state index contributed by atoms with van der Waals surface area (Å²) in [7, 11) is 0. The van der Waals surface area contributed by atoms with Gasteiger partial charge in [-0.2, -0.15) is 0 Å². The second-order valence-corrected chi connectivity index (χ2v) is 5.74. The lowest BCUT2D eigenvalue weighted by atomic mass is 10.0. The minimum absolute atomic E-state index is 0.308. The van der Waals surface area contributed by atoms with Crippen LogP contribution >= 0.6 is 15.9 Å². The molecule has 0 aliphatic carbocycles. The molecule has 0 radical (unpaired) electrons. The minimum Gasteiger partial charge on any atom is -0.462 e. The van der Waals surface area contributed by atoms with Crippen LogP contribution in [-0.2, 0) is 9.47 Å². The molecule has 19 heavy (non-hydrogen) atoms. The molecule has 2 N–H and O–H groups in total. The third kappa shape index (κ3) is 3.70. The van der Waals surface area contributed by atoms with E-state index >= 15 is 0 Å². The van der Waals surface area contributed by atoms with E-state index in [0.717, 1.165) is 36.1 Å². The van der Waals surface area contributed by atoms with E-state index < -0.39 is 0 Å². The lowest BCUT2D eigenvalue weighted by molar-refractivity contribution is 0.0185. The van der Waals surface area contributed by atoms with E-state index in [1.165, 1.54) is 0 Å². The first-order valence-electron chi connectivity index (χ1n) is 6.38. The number of carbonyl (C=O) groups is 1. The van der Waals surface area contributed by atoms with Crippen molar-refractivity contribution in [2.75, 3.05) is 25.6 Å². The van der Waals surface area contributed by atoms with Gasteiger partial charge in [0.1, 0.15) is 0 Å². The van der Waals surface area contributed by atoms with Gasteiger partial charge < -0.3 is 15.2 Å². The van der Waals surface area contributed by atoms with Gasteiger partial charge in [0, 0.05) is 23.4 Å². The molecule has 1 aromatic rings. The van der Waals surface area contributed by atoms with Crippen molar-refractivity contribution >= 4 is 27.6 Å². The fourth-order valence-corrected chi connectivity index (χ4v) is 2.57. The Labute approximate surface area is 121 Å². The summed E-state index contributed by atoms with van der Waals surface area (Å²) in [6.45, 7) is 3.79. The van der Waals surface area contributed by atoms with Crippen LogP contribution in [0.4, 0.5) is 5.69 Å². The zero-order chi connectivity index (χ0) is 13.8. The van der Waals surface area contributed by atoms with Gasteiger partial charge in [0.2, 0.25) is 0 Å². The van der Waals surface area contributed by atoms with Crippen molar-refractivity contribution in [1.29, 1.82) is 0 Å². The first-order chi connectivity index (χ1) is 9.08. The standard InChI is InChI=1S/C14H18BrNO3/c1-9-12(6-11(15)7-13(9)16)14(17)19-8-10-2-4-18-5-3-10/h6-7,10H,2-5,8,16H2,1H3. The number of anilines is 1. The molecule has 0 amide bonds. The van der Waals surface area contributed by atoms with Crippen molar-refractivity contribution in [3.8, 4) is 0 Å². The first kappa shape index (κ1) is 14.3. The summed E-state index contributed by atoms with van der Waals surface area (Å²) in [6.07, 6.45) is 1.90. The molecule has 0 spiro atoms. The normalized spacial score (nSPS) is 16.3. The lowest BCUT2D eigenvalue weighted by Crippen LogP contribution is -2.22. The molecule has 0 saturated carbocycles. The zero-order valence-electron chi connectivity index (χ0n) is 10.9. The van der Waals surface area contributed by atoms with Gasteiger partial charge in [-0.3, -0.25) is 0 Å². The average molecular weight is 328 g/mol. The molecule has 1 saturated heterocycles. The largest absolute Gasteiger partial charge is 0.462 e. The molecule has 0 aromatic heterocycles. The Morgan fingerprint density at radius 1 is 1.47 bits per heavy atom. The van der Waals surface area contributed by atoms with Crippen molar-refractivity contribution < 1.29 is 14.3 Å². The summed E-state index contributed by atoms with van der Waals surface area (Å²) < 4.78 is 11.5. The fourth-order valence-electron chi connectivity index (χ4n) is 2.10. The monoisotopic (exact) mass is 327 g/mol. The number of nitrogen functional groups attached to an aromatic ring is 1. The summed E-state index contributed by atoms with van der Waals surface area (Å²) in [5.74, 6) is 0.0968. The maximum Gasteiger partial charge on any atom is 0.338 e. The number of hydrogen-bond donors (Lipinski definition) is 1. The summed E-state index contributed by atoms with van der Waals surface area (Å²) >= 11 is 3.34. The van der Waals surface area contributed by atoms with Crippen LogP contribution in [0.15, 0.2) is 16.6 Å². The molecule has 1 heterocycles. The van der Waals surface area contributed by atoms with Gasteiger partial charge in [0.25, 0.3) is 0 Å². The van der Waals surface area contributed by atoms with Crippen LogP contribution in [0.25, 0.3) is 0 Å². The first-order valence-corrected chi connectivity index (χ1v) is 7.17. The van der Waals surface area contributed by atoms with Gasteiger partial charge >= 0.3 is 5.97 Å². The summed E-state index contributed by atoms with van der Waals surface area (Å²) in [5, 5.41) is 0. The lowest BCUT2D eigenvalue weighted by Gasteiger charge is -2.21. The molecule has 5 heteroatoms. The van der Waals surface area contributed by atoms with Gasteiger partial charge in [-0.25, -0.2) is 4.79 Å². The molecule has 1 aromatic carbocycles. The smallest absolute Gasteiger partial charge is 0.338 e. The van der Waals surface area contributed by atoms with Gasteiger partial charge in [-0.05, 0) is 43.4 Å². The molecule has 1 fully saturated rings. The number of benzene rings is 1. The van der Waals surface area contributed by atoms with Crippen molar-refractivity contribution in [3.05, 3.63) is 27.7 Å². The van der Waals surface area contributed by atoms with Crippen LogP contribution in [0.3, 0.4) is 0 Å². The number of ether oxygens (including phenoxy) is 2. The molecule has 1 aliphatic heterocycles. The van der Waals surface area contributed by atoms with E-state index in [-0.39, 0.29) is 5.97 Å². The highest BCUT2D eigenvalue weighted by molar-refractivity contribution is 9.10. The van der Waals surface area contributed by atoms with E-state index in [0.29, 0.717) is 23.8 Å². The second-order valence-electron chi connectivity index (χ2n) is 4.82. The molecule has 4 nitrogen and oxygen atoms in total. The summed E-state index contributed by atoms with van der Waals surface area (Å²) in [4.78, 5) is 12.1. The Hall–Kier alpha value is -1.07. The molecule has 2 rings (SSSR count). The van der Waals surface area contributed by atoms with Crippen LogP contribution < -0.4 is 5.73 Å². The zero-order valence-corrected chi connectivity index (χ0v) is 12.5. The molecular formula is C14H18BrNO3. The molecule has 0 atom stereocenters. The van der Waals surface area contributed by atoms with E-state index in [4.69, 9.17) is 15.2 Å². The number of esters is 1. The van der Waals surface area contributed by atoms with Gasteiger partial charge in [-0.1, -0.05) is 15.9 Å². The highest BCUT2D eigenvalue weighted by atomic mass is 79.9. The highest BCUT2D eigenvalue weighted by Crippen LogP contribution is 2.24. The van der Waals surface area contributed by atoms with Gasteiger partial charge in [0.15, 0.2) is 0 Å². The van der Waals surface area contributed by atoms with E-state index in [2.05, 4.69) is 15.9 Å². The summed E-state index contributed by atoms with van der Waals surface area (Å²) in [5.41, 5.74) is 7.72. The number of halogens is 1. The van der Waals surface area contributed by atoms with Crippen molar-refractivity contribution in [2.45, 2.75) is 19.8 Å². The topological polar surface area (TPSA) is 61.6 Å². The maximum absolute atomic E-state index is 12.1. The van der Waals surface area contributed by atoms with E-state index in [1.54, 1.807) is 12.1 Å². The molecule has 1 aliphatic rings. The highest BCUT2D eigenvalue weighted by Gasteiger charge is 2.18. The van der Waals surface area contributed by atoms with Crippen LogP contribution in [0.5, 0.6) is 0 Å². The fraction of sp³-hybridized carbons (Fsp3) is 0.500. The van der Waals surface area contributed by atoms with Crippen molar-refractivity contribution in [2.24, 2.45) is 5.92 Å². The van der Waals surface area contributed by atoms with Crippen molar-refractivity contribution in [3.63, 3.8) is 0 Å². The predicted octanol–water partition coefficient (Wildman–Crippen LogP) is 2.92. The molecule has 0 unspecified atom stereocenters.